The van der Waals surface area contributed by atoms with Gasteiger partial charge in [0.2, 0.25) is 0 Å². The zero-order chi connectivity index (χ0) is 14.5. The standard InChI is InChI=1S/C16H22N4/c1-5-6-13-15(17-4)18-10-19-16(13)20-14-9-11(2)7-8-12(14)3/h7-10H,5-6H2,1-4H3,(H2,17,18,19,20). The van der Waals surface area contributed by atoms with Gasteiger partial charge < -0.3 is 10.6 Å². The molecule has 0 radical (unpaired) electrons. The van der Waals surface area contributed by atoms with E-state index in [2.05, 4.69) is 59.6 Å². The SMILES string of the molecule is CCCc1c(NC)ncnc1Nc1cc(C)ccc1C. The zero-order valence-corrected chi connectivity index (χ0v) is 12.6. The summed E-state index contributed by atoms with van der Waals surface area (Å²) >= 11 is 0. The van der Waals surface area contributed by atoms with Crippen molar-refractivity contribution < 1.29 is 0 Å². The quantitative estimate of drug-likeness (QED) is 0.867. The molecule has 0 amide bonds. The van der Waals surface area contributed by atoms with Crippen molar-refractivity contribution in [3.05, 3.63) is 41.2 Å². The van der Waals surface area contributed by atoms with Crippen molar-refractivity contribution in [2.75, 3.05) is 17.7 Å². The molecule has 0 atom stereocenters. The third-order valence-corrected chi connectivity index (χ3v) is 3.33. The van der Waals surface area contributed by atoms with Crippen molar-refractivity contribution in [2.24, 2.45) is 0 Å². The Kier molecular flexibility index (Phi) is 4.56. The van der Waals surface area contributed by atoms with Gasteiger partial charge >= 0.3 is 0 Å². The van der Waals surface area contributed by atoms with Gasteiger partial charge in [-0.25, -0.2) is 9.97 Å². The van der Waals surface area contributed by atoms with Gasteiger partial charge in [0.25, 0.3) is 0 Å². The summed E-state index contributed by atoms with van der Waals surface area (Å²) in [6.45, 7) is 6.35. The lowest BCUT2D eigenvalue weighted by molar-refractivity contribution is 0.905. The van der Waals surface area contributed by atoms with Crippen LogP contribution in [-0.2, 0) is 6.42 Å². The van der Waals surface area contributed by atoms with Crippen molar-refractivity contribution in [1.82, 2.24) is 9.97 Å². The summed E-state index contributed by atoms with van der Waals surface area (Å²) in [5.74, 6) is 1.79. The fourth-order valence-electron chi connectivity index (χ4n) is 2.22. The zero-order valence-electron chi connectivity index (χ0n) is 12.6. The maximum Gasteiger partial charge on any atom is 0.139 e. The Morgan fingerprint density at radius 1 is 1.10 bits per heavy atom. The molecule has 2 N–H and O–H groups in total. The van der Waals surface area contributed by atoms with Gasteiger partial charge in [-0.2, -0.15) is 0 Å². The summed E-state index contributed by atoms with van der Waals surface area (Å²) < 4.78 is 0. The maximum atomic E-state index is 4.41. The van der Waals surface area contributed by atoms with E-state index in [-0.39, 0.29) is 0 Å². The van der Waals surface area contributed by atoms with E-state index in [4.69, 9.17) is 0 Å². The molecule has 4 heteroatoms. The molecule has 0 unspecified atom stereocenters. The summed E-state index contributed by atoms with van der Waals surface area (Å²) in [5, 5.41) is 6.59. The highest BCUT2D eigenvalue weighted by molar-refractivity contribution is 5.67. The molecule has 0 spiro atoms. The van der Waals surface area contributed by atoms with Crippen LogP contribution in [0, 0.1) is 13.8 Å². The van der Waals surface area contributed by atoms with E-state index in [1.807, 2.05) is 7.05 Å². The number of rotatable bonds is 5. The molecule has 20 heavy (non-hydrogen) atoms. The fourth-order valence-corrected chi connectivity index (χ4v) is 2.22. The summed E-state index contributed by atoms with van der Waals surface area (Å²) in [6.07, 6.45) is 3.60. The monoisotopic (exact) mass is 270 g/mol. The third-order valence-electron chi connectivity index (χ3n) is 3.33. The molecule has 4 nitrogen and oxygen atoms in total. The van der Waals surface area contributed by atoms with Crippen LogP contribution in [0.3, 0.4) is 0 Å². The Morgan fingerprint density at radius 3 is 2.55 bits per heavy atom. The molecular weight excluding hydrogens is 248 g/mol. The number of aromatic nitrogens is 2. The lowest BCUT2D eigenvalue weighted by Crippen LogP contribution is -2.06. The average Bonchev–Trinajstić information content (AvgIpc) is 2.45. The average molecular weight is 270 g/mol. The van der Waals surface area contributed by atoms with Crippen LogP contribution in [0.1, 0.15) is 30.0 Å². The van der Waals surface area contributed by atoms with Crippen LogP contribution < -0.4 is 10.6 Å². The number of aryl methyl sites for hydroxylation is 2. The second-order valence-electron chi connectivity index (χ2n) is 4.99. The van der Waals surface area contributed by atoms with E-state index in [1.165, 1.54) is 11.1 Å². The highest BCUT2D eigenvalue weighted by atomic mass is 15.1. The fraction of sp³-hybridized carbons (Fsp3) is 0.375. The van der Waals surface area contributed by atoms with Crippen LogP contribution in [0.2, 0.25) is 0 Å². The van der Waals surface area contributed by atoms with Gasteiger partial charge in [-0.1, -0.05) is 25.5 Å². The number of hydrogen-bond acceptors (Lipinski definition) is 4. The summed E-state index contributed by atoms with van der Waals surface area (Å²) in [4.78, 5) is 8.71. The number of anilines is 3. The van der Waals surface area contributed by atoms with Crippen molar-refractivity contribution in [3.63, 3.8) is 0 Å². The minimum absolute atomic E-state index is 0.889. The van der Waals surface area contributed by atoms with Gasteiger partial charge in [0, 0.05) is 18.3 Å². The highest BCUT2D eigenvalue weighted by Crippen LogP contribution is 2.26. The first-order chi connectivity index (χ1) is 9.65. The molecule has 1 aromatic heterocycles. The van der Waals surface area contributed by atoms with Gasteiger partial charge in [0.1, 0.15) is 18.0 Å². The second-order valence-corrected chi connectivity index (χ2v) is 4.99. The molecule has 0 aliphatic carbocycles. The van der Waals surface area contributed by atoms with Crippen LogP contribution in [-0.4, -0.2) is 17.0 Å². The third kappa shape index (κ3) is 3.07. The van der Waals surface area contributed by atoms with Gasteiger partial charge in [-0.3, -0.25) is 0 Å². The number of nitrogens with zero attached hydrogens (tertiary/aromatic N) is 2. The lowest BCUT2D eigenvalue weighted by Gasteiger charge is -2.15. The molecule has 0 aliphatic heterocycles. The topological polar surface area (TPSA) is 49.8 Å². The van der Waals surface area contributed by atoms with Gasteiger partial charge in [-0.05, 0) is 37.5 Å². The maximum absolute atomic E-state index is 4.41. The summed E-state index contributed by atoms with van der Waals surface area (Å²) in [5.41, 5.74) is 4.68. The Hall–Kier alpha value is -2.10. The lowest BCUT2D eigenvalue weighted by atomic mass is 10.1. The normalized spacial score (nSPS) is 10.4. The van der Waals surface area contributed by atoms with E-state index < -0.39 is 0 Å². The van der Waals surface area contributed by atoms with E-state index >= 15 is 0 Å². The summed E-state index contributed by atoms with van der Waals surface area (Å²) in [7, 11) is 1.89. The van der Waals surface area contributed by atoms with Gasteiger partial charge in [0.15, 0.2) is 0 Å². The first-order valence-electron chi connectivity index (χ1n) is 7.01. The molecule has 106 valence electrons. The van der Waals surface area contributed by atoms with E-state index in [0.29, 0.717) is 0 Å². The number of benzene rings is 1. The molecule has 0 saturated carbocycles. The predicted molar refractivity (Wildman–Crippen MR) is 84.8 cm³/mol. The molecular formula is C16H22N4. The van der Waals surface area contributed by atoms with Crippen LogP contribution in [0.15, 0.2) is 24.5 Å². The molecule has 1 aromatic carbocycles. The Bertz CT molecular complexity index is 593. The largest absolute Gasteiger partial charge is 0.373 e. The van der Waals surface area contributed by atoms with Crippen molar-refractivity contribution >= 4 is 17.3 Å². The summed E-state index contributed by atoms with van der Waals surface area (Å²) in [6, 6.07) is 6.38. The Balaban J connectivity index is 2.39. The molecule has 1 heterocycles. The molecule has 0 aliphatic rings. The van der Waals surface area contributed by atoms with E-state index in [0.717, 1.165) is 35.7 Å². The van der Waals surface area contributed by atoms with Crippen LogP contribution in [0.4, 0.5) is 17.3 Å². The first-order valence-corrected chi connectivity index (χ1v) is 7.01. The van der Waals surface area contributed by atoms with E-state index in [9.17, 15) is 0 Å². The van der Waals surface area contributed by atoms with Crippen molar-refractivity contribution in [1.29, 1.82) is 0 Å². The van der Waals surface area contributed by atoms with Crippen LogP contribution in [0.5, 0.6) is 0 Å². The minimum atomic E-state index is 0.889. The minimum Gasteiger partial charge on any atom is -0.373 e. The molecule has 0 saturated heterocycles. The molecule has 0 fully saturated rings. The van der Waals surface area contributed by atoms with Crippen molar-refractivity contribution in [2.45, 2.75) is 33.6 Å². The van der Waals surface area contributed by atoms with Gasteiger partial charge in [0.05, 0.1) is 0 Å². The predicted octanol–water partition coefficient (Wildman–Crippen LogP) is 3.83. The van der Waals surface area contributed by atoms with Crippen molar-refractivity contribution in [3.8, 4) is 0 Å². The second kappa shape index (κ2) is 6.37. The molecule has 2 rings (SSSR count). The molecule has 2 aromatic rings. The van der Waals surface area contributed by atoms with Crippen LogP contribution >= 0.6 is 0 Å². The molecule has 0 bridgehead atoms. The highest BCUT2D eigenvalue weighted by Gasteiger charge is 2.10. The number of hydrogen-bond donors (Lipinski definition) is 2. The first kappa shape index (κ1) is 14.3. The van der Waals surface area contributed by atoms with E-state index in [1.54, 1.807) is 6.33 Å². The van der Waals surface area contributed by atoms with Crippen LogP contribution in [0.25, 0.3) is 0 Å². The smallest absolute Gasteiger partial charge is 0.139 e. The Labute approximate surface area is 120 Å². The van der Waals surface area contributed by atoms with Gasteiger partial charge in [-0.15, -0.1) is 0 Å². The Morgan fingerprint density at radius 2 is 1.85 bits per heavy atom. The number of nitrogens with one attached hydrogen (secondary N) is 2.